The van der Waals surface area contributed by atoms with Crippen LogP contribution in [0.1, 0.15) is 18.4 Å². The molecule has 4 rings (SSSR count). The first-order chi connectivity index (χ1) is 12.1. The van der Waals surface area contributed by atoms with Crippen LogP contribution in [0.15, 0.2) is 60.7 Å². The second kappa shape index (κ2) is 6.47. The number of fused-ring (bicyclic) bond motifs is 1. The minimum Gasteiger partial charge on any atom is -0.457 e. The van der Waals surface area contributed by atoms with Gasteiger partial charge in [0.15, 0.2) is 0 Å². The molecule has 1 heterocycles. The molecule has 1 aliphatic rings. The van der Waals surface area contributed by atoms with Crippen molar-refractivity contribution in [1.29, 1.82) is 0 Å². The molecule has 0 saturated carbocycles. The molecule has 4 heteroatoms. The summed E-state index contributed by atoms with van der Waals surface area (Å²) in [5, 5.41) is 13.0. The van der Waals surface area contributed by atoms with Crippen LogP contribution in [0.25, 0.3) is 10.8 Å². The van der Waals surface area contributed by atoms with E-state index in [0.717, 1.165) is 10.8 Å². The molecule has 1 saturated heterocycles. The minimum absolute atomic E-state index is 0.380. The zero-order valence-corrected chi connectivity index (χ0v) is 13.7. The Hall–Kier alpha value is -2.43. The van der Waals surface area contributed by atoms with Crippen LogP contribution in [-0.4, -0.2) is 18.3 Å². The molecule has 0 atom stereocenters. The highest BCUT2D eigenvalue weighted by atomic mass is 19.1. The molecule has 0 aromatic heterocycles. The van der Waals surface area contributed by atoms with Gasteiger partial charge in [-0.2, -0.15) is 0 Å². The maximum absolute atomic E-state index is 14.1. The normalized spacial score (nSPS) is 16.7. The molecule has 128 valence electrons. The van der Waals surface area contributed by atoms with Gasteiger partial charge in [0, 0.05) is 32.1 Å². The Bertz CT molecular complexity index is 901. The van der Waals surface area contributed by atoms with Crippen LogP contribution in [-0.2, 0) is 10.3 Å². The van der Waals surface area contributed by atoms with Crippen LogP contribution in [0, 0.1) is 5.82 Å². The van der Waals surface area contributed by atoms with Crippen molar-refractivity contribution in [3.8, 4) is 11.5 Å². The van der Waals surface area contributed by atoms with E-state index in [2.05, 4.69) is 0 Å². The van der Waals surface area contributed by atoms with E-state index >= 15 is 0 Å². The van der Waals surface area contributed by atoms with Gasteiger partial charge in [-0.05, 0) is 40.6 Å². The van der Waals surface area contributed by atoms with Gasteiger partial charge in [-0.15, -0.1) is 0 Å². The van der Waals surface area contributed by atoms with Crippen LogP contribution >= 0.6 is 0 Å². The van der Waals surface area contributed by atoms with E-state index in [0.29, 0.717) is 43.1 Å². The highest BCUT2D eigenvalue weighted by molar-refractivity contribution is 5.83. The predicted molar refractivity (Wildman–Crippen MR) is 94.4 cm³/mol. The number of benzene rings is 3. The second-order valence-electron chi connectivity index (χ2n) is 6.43. The van der Waals surface area contributed by atoms with Gasteiger partial charge in [-0.3, -0.25) is 0 Å². The van der Waals surface area contributed by atoms with Gasteiger partial charge in [0.2, 0.25) is 0 Å². The van der Waals surface area contributed by atoms with Crippen LogP contribution in [0.3, 0.4) is 0 Å². The number of halogens is 1. The molecule has 3 aromatic carbocycles. The molecule has 0 spiro atoms. The molecular formula is C21H19FO3. The predicted octanol–water partition coefficient (Wildman–Crippen LogP) is 4.77. The highest BCUT2D eigenvalue weighted by Crippen LogP contribution is 2.35. The standard InChI is InChI=1S/C21H19FO3/c22-18-12-17(21(23)7-9-24-10-8-21)13-20(14-18)25-19-6-5-15-3-1-2-4-16(15)11-19/h1-6,11-14,23H,7-10H2. The third-order valence-corrected chi connectivity index (χ3v) is 4.69. The highest BCUT2D eigenvalue weighted by Gasteiger charge is 2.32. The fourth-order valence-corrected chi connectivity index (χ4v) is 3.26. The van der Waals surface area contributed by atoms with E-state index in [1.165, 1.54) is 12.1 Å². The molecule has 25 heavy (non-hydrogen) atoms. The first-order valence-electron chi connectivity index (χ1n) is 8.40. The maximum Gasteiger partial charge on any atom is 0.130 e. The maximum atomic E-state index is 14.1. The molecule has 3 nitrogen and oxygen atoms in total. The summed E-state index contributed by atoms with van der Waals surface area (Å²) in [4.78, 5) is 0. The van der Waals surface area contributed by atoms with Crippen LogP contribution in [0.4, 0.5) is 4.39 Å². The Balaban J connectivity index is 1.65. The Morgan fingerprint density at radius 1 is 0.880 bits per heavy atom. The molecule has 0 aliphatic carbocycles. The first-order valence-corrected chi connectivity index (χ1v) is 8.40. The zero-order chi connectivity index (χ0) is 17.3. The average Bonchev–Trinajstić information content (AvgIpc) is 2.62. The Morgan fingerprint density at radius 3 is 2.44 bits per heavy atom. The van der Waals surface area contributed by atoms with Gasteiger partial charge in [-0.25, -0.2) is 4.39 Å². The fourth-order valence-electron chi connectivity index (χ4n) is 3.26. The van der Waals surface area contributed by atoms with Gasteiger partial charge in [0.1, 0.15) is 17.3 Å². The molecule has 0 unspecified atom stereocenters. The van der Waals surface area contributed by atoms with Crippen LogP contribution in [0.2, 0.25) is 0 Å². The smallest absolute Gasteiger partial charge is 0.130 e. The molecule has 1 fully saturated rings. The van der Waals surface area contributed by atoms with Gasteiger partial charge >= 0.3 is 0 Å². The molecule has 1 N–H and O–H groups in total. The number of hydrogen-bond acceptors (Lipinski definition) is 3. The number of rotatable bonds is 3. The largest absolute Gasteiger partial charge is 0.457 e. The van der Waals surface area contributed by atoms with E-state index in [9.17, 15) is 9.50 Å². The summed E-state index contributed by atoms with van der Waals surface area (Å²) in [6, 6.07) is 18.1. The van der Waals surface area contributed by atoms with Crippen molar-refractivity contribution in [1.82, 2.24) is 0 Å². The van der Waals surface area contributed by atoms with Crippen molar-refractivity contribution in [2.24, 2.45) is 0 Å². The molecular weight excluding hydrogens is 319 g/mol. The van der Waals surface area contributed by atoms with Crippen molar-refractivity contribution in [3.05, 3.63) is 72.0 Å². The van der Waals surface area contributed by atoms with E-state index in [1.54, 1.807) is 6.07 Å². The fraction of sp³-hybridized carbons (Fsp3) is 0.238. The summed E-state index contributed by atoms with van der Waals surface area (Å²) >= 11 is 0. The summed E-state index contributed by atoms with van der Waals surface area (Å²) in [6.45, 7) is 0.932. The first kappa shape index (κ1) is 16.1. The van der Waals surface area contributed by atoms with E-state index in [-0.39, 0.29) is 0 Å². The SMILES string of the molecule is OC1(c2cc(F)cc(Oc3ccc4ccccc4c3)c2)CCOCC1. The quantitative estimate of drug-likeness (QED) is 0.748. The van der Waals surface area contributed by atoms with Gasteiger partial charge < -0.3 is 14.6 Å². The lowest BCUT2D eigenvalue weighted by molar-refractivity contribution is -0.0681. The Morgan fingerprint density at radius 2 is 1.64 bits per heavy atom. The van der Waals surface area contributed by atoms with Crippen molar-refractivity contribution in [3.63, 3.8) is 0 Å². The van der Waals surface area contributed by atoms with Crippen molar-refractivity contribution in [2.45, 2.75) is 18.4 Å². The molecule has 0 bridgehead atoms. The topological polar surface area (TPSA) is 38.7 Å². The summed E-state index contributed by atoms with van der Waals surface area (Å²) < 4.78 is 25.2. The zero-order valence-electron chi connectivity index (χ0n) is 13.7. The molecule has 3 aromatic rings. The third kappa shape index (κ3) is 3.36. The number of ether oxygens (including phenoxy) is 2. The van der Waals surface area contributed by atoms with E-state index < -0.39 is 11.4 Å². The van der Waals surface area contributed by atoms with Crippen LogP contribution < -0.4 is 4.74 Å². The van der Waals surface area contributed by atoms with Gasteiger partial charge in [0.25, 0.3) is 0 Å². The van der Waals surface area contributed by atoms with Crippen molar-refractivity contribution < 1.29 is 19.0 Å². The van der Waals surface area contributed by atoms with Gasteiger partial charge in [0.05, 0.1) is 5.60 Å². The van der Waals surface area contributed by atoms with Crippen molar-refractivity contribution in [2.75, 3.05) is 13.2 Å². The number of hydrogen-bond donors (Lipinski definition) is 1. The van der Waals surface area contributed by atoms with Crippen LogP contribution in [0.5, 0.6) is 11.5 Å². The minimum atomic E-state index is -1.07. The summed E-state index contributed by atoms with van der Waals surface area (Å²) in [5.74, 6) is 0.590. The lowest BCUT2D eigenvalue weighted by Gasteiger charge is -2.32. The summed E-state index contributed by atoms with van der Waals surface area (Å²) in [6.07, 6.45) is 0.901. The number of aliphatic hydroxyl groups is 1. The monoisotopic (exact) mass is 338 g/mol. The molecule has 0 amide bonds. The molecule has 1 aliphatic heterocycles. The second-order valence-corrected chi connectivity index (χ2v) is 6.43. The summed E-state index contributed by atoms with van der Waals surface area (Å²) in [7, 11) is 0. The third-order valence-electron chi connectivity index (χ3n) is 4.69. The summed E-state index contributed by atoms with van der Waals surface area (Å²) in [5.41, 5.74) is -0.534. The van der Waals surface area contributed by atoms with Gasteiger partial charge in [-0.1, -0.05) is 30.3 Å². The lowest BCUT2D eigenvalue weighted by atomic mass is 9.86. The molecule has 0 radical (unpaired) electrons. The Kier molecular flexibility index (Phi) is 4.15. The Labute approximate surface area is 145 Å². The van der Waals surface area contributed by atoms with Crippen molar-refractivity contribution >= 4 is 10.8 Å². The van der Waals surface area contributed by atoms with E-state index in [4.69, 9.17) is 9.47 Å². The van der Waals surface area contributed by atoms with E-state index in [1.807, 2.05) is 42.5 Å². The lowest BCUT2D eigenvalue weighted by Crippen LogP contribution is -2.33. The average molecular weight is 338 g/mol.